The van der Waals surface area contributed by atoms with Crippen LogP contribution in [-0.4, -0.2) is 24.1 Å². The topological polar surface area (TPSA) is 69.7 Å². The van der Waals surface area contributed by atoms with Crippen LogP contribution in [0, 0.1) is 6.92 Å². The van der Waals surface area contributed by atoms with Crippen molar-refractivity contribution >= 4 is 11.6 Å². The molecule has 6 heteroatoms. The van der Waals surface area contributed by atoms with Crippen molar-refractivity contribution < 1.29 is 19.0 Å². The molecule has 0 spiro atoms. The van der Waals surface area contributed by atoms with Gasteiger partial charge in [-0.3, -0.25) is 9.78 Å². The van der Waals surface area contributed by atoms with E-state index in [1.807, 2.05) is 56.3 Å². The fraction of sp³-hybridized carbons (Fsp3) is 0.333. The molecule has 3 rings (SSSR count). The predicted molar refractivity (Wildman–Crippen MR) is 130 cm³/mol. The van der Waals surface area contributed by atoms with Crippen molar-refractivity contribution in [1.82, 2.24) is 4.98 Å². The van der Waals surface area contributed by atoms with E-state index < -0.39 is 0 Å². The Balaban J connectivity index is 1.64. The van der Waals surface area contributed by atoms with Gasteiger partial charge in [-0.1, -0.05) is 26.0 Å². The molecule has 0 saturated heterocycles. The second-order valence-electron chi connectivity index (χ2n) is 7.76. The molecule has 3 aromatic rings. The maximum absolute atomic E-state index is 12.8. The molecular weight excluding hydrogens is 416 g/mol. The van der Waals surface area contributed by atoms with Gasteiger partial charge in [0, 0.05) is 12.3 Å². The Morgan fingerprint density at radius 2 is 1.64 bits per heavy atom. The first kappa shape index (κ1) is 24.3. The summed E-state index contributed by atoms with van der Waals surface area (Å²) in [7, 11) is 0. The number of rotatable bonds is 11. The number of pyridine rings is 1. The van der Waals surface area contributed by atoms with Crippen LogP contribution in [0.1, 0.15) is 61.5 Å². The molecule has 1 N–H and O–H groups in total. The number of hydrogen-bond donors (Lipinski definition) is 1. The molecule has 33 heavy (non-hydrogen) atoms. The number of carbonyl (C=O) groups is 1. The van der Waals surface area contributed by atoms with Crippen molar-refractivity contribution in [2.45, 2.75) is 46.6 Å². The zero-order valence-electron chi connectivity index (χ0n) is 19.8. The molecule has 1 unspecified atom stereocenters. The highest BCUT2D eigenvalue weighted by Gasteiger charge is 2.14. The minimum absolute atomic E-state index is 0.106. The van der Waals surface area contributed by atoms with Crippen LogP contribution in [0.2, 0.25) is 0 Å². The highest BCUT2D eigenvalue weighted by Crippen LogP contribution is 2.32. The molecule has 0 fully saturated rings. The van der Waals surface area contributed by atoms with Gasteiger partial charge >= 0.3 is 0 Å². The van der Waals surface area contributed by atoms with Crippen molar-refractivity contribution in [2.75, 3.05) is 18.5 Å². The molecule has 2 aromatic carbocycles. The third-order valence-electron chi connectivity index (χ3n) is 4.99. The standard InChI is InChI=1S/C27H32N2O4/c1-5-17-31-20(4)24-16-15-23(19(3)28-24)27(30)29-21-11-13-22(14-12-21)33-26-10-8-7-9-25(26)32-18-6-2/h7-16,20H,5-6,17-18H2,1-4H3,(H,29,30). The number of aryl methyl sites for hydroxylation is 1. The largest absolute Gasteiger partial charge is 0.490 e. The second-order valence-corrected chi connectivity index (χ2v) is 7.76. The smallest absolute Gasteiger partial charge is 0.257 e. The van der Waals surface area contributed by atoms with Crippen LogP contribution in [0.15, 0.2) is 60.7 Å². The molecule has 0 saturated carbocycles. The number of para-hydroxylation sites is 2. The Kier molecular flexibility index (Phi) is 8.84. The monoisotopic (exact) mass is 448 g/mol. The number of carbonyl (C=O) groups excluding carboxylic acids is 1. The average Bonchev–Trinajstić information content (AvgIpc) is 2.83. The van der Waals surface area contributed by atoms with Gasteiger partial charge in [-0.2, -0.15) is 0 Å². The zero-order valence-corrected chi connectivity index (χ0v) is 19.8. The third kappa shape index (κ3) is 6.80. The number of hydrogen-bond acceptors (Lipinski definition) is 5. The Bertz CT molecular complexity index is 1050. The number of nitrogens with one attached hydrogen (secondary N) is 1. The lowest BCUT2D eigenvalue weighted by Crippen LogP contribution is -2.15. The summed E-state index contributed by atoms with van der Waals surface area (Å²) in [5.41, 5.74) is 2.69. The normalized spacial score (nSPS) is 11.6. The Morgan fingerprint density at radius 1 is 0.939 bits per heavy atom. The van der Waals surface area contributed by atoms with Crippen LogP contribution in [0.4, 0.5) is 5.69 Å². The van der Waals surface area contributed by atoms with Gasteiger partial charge in [-0.25, -0.2) is 0 Å². The quantitative estimate of drug-likeness (QED) is 0.353. The van der Waals surface area contributed by atoms with Crippen LogP contribution in [0.3, 0.4) is 0 Å². The van der Waals surface area contributed by atoms with Crippen LogP contribution >= 0.6 is 0 Å². The maximum Gasteiger partial charge on any atom is 0.257 e. The SMILES string of the molecule is CCCOc1ccccc1Oc1ccc(NC(=O)c2ccc(C(C)OCCC)nc2C)cc1. The predicted octanol–water partition coefficient (Wildman–Crippen LogP) is 6.71. The molecule has 0 aliphatic carbocycles. The zero-order chi connectivity index (χ0) is 23.6. The summed E-state index contributed by atoms with van der Waals surface area (Å²) in [6, 6.07) is 18.5. The van der Waals surface area contributed by atoms with E-state index in [1.54, 1.807) is 18.2 Å². The summed E-state index contributed by atoms with van der Waals surface area (Å²) >= 11 is 0. The minimum atomic E-state index is -0.208. The summed E-state index contributed by atoms with van der Waals surface area (Å²) in [6.45, 7) is 9.24. The van der Waals surface area contributed by atoms with Crippen LogP contribution < -0.4 is 14.8 Å². The summed E-state index contributed by atoms with van der Waals surface area (Å²) in [4.78, 5) is 17.3. The van der Waals surface area contributed by atoms with Gasteiger partial charge in [0.25, 0.3) is 5.91 Å². The molecule has 1 atom stereocenters. The number of nitrogens with zero attached hydrogens (tertiary/aromatic N) is 1. The van der Waals surface area contributed by atoms with Crippen molar-refractivity contribution in [2.24, 2.45) is 0 Å². The molecule has 1 heterocycles. The van der Waals surface area contributed by atoms with E-state index in [0.29, 0.717) is 47.4 Å². The van der Waals surface area contributed by atoms with E-state index in [-0.39, 0.29) is 12.0 Å². The van der Waals surface area contributed by atoms with E-state index in [1.165, 1.54) is 0 Å². The average molecular weight is 449 g/mol. The van der Waals surface area contributed by atoms with Gasteiger partial charge in [0.15, 0.2) is 11.5 Å². The van der Waals surface area contributed by atoms with Crippen LogP contribution in [0.5, 0.6) is 17.2 Å². The van der Waals surface area contributed by atoms with E-state index >= 15 is 0 Å². The molecule has 0 aliphatic rings. The molecule has 1 aromatic heterocycles. The summed E-state index contributed by atoms with van der Waals surface area (Å²) < 4.78 is 17.4. The third-order valence-corrected chi connectivity index (χ3v) is 4.99. The Labute approximate surface area is 195 Å². The number of anilines is 1. The molecule has 174 valence electrons. The lowest BCUT2D eigenvalue weighted by Gasteiger charge is -2.14. The van der Waals surface area contributed by atoms with E-state index in [4.69, 9.17) is 14.2 Å². The minimum Gasteiger partial charge on any atom is -0.490 e. The summed E-state index contributed by atoms with van der Waals surface area (Å²) in [5.74, 6) is 1.81. The molecular formula is C27H32N2O4. The lowest BCUT2D eigenvalue weighted by atomic mass is 10.1. The summed E-state index contributed by atoms with van der Waals surface area (Å²) in [5, 5.41) is 2.92. The first-order valence-electron chi connectivity index (χ1n) is 11.4. The van der Waals surface area contributed by atoms with Gasteiger partial charge in [0.1, 0.15) is 5.75 Å². The maximum atomic E-state index is 12.8. The number of ether oxygens (including phenoxy) is 3. The lowest BCUT2D eigenvalue weighted by molar-refractivity contribution is 0.0632. The van der Waals surface area contributed by atoms with E-state index in [9.17, 15) is 4.79 Å². The molecule has 0 bridgehead atoms. The van der Waals surface area contributed by atoms with Gasteiger partial charge in [0.05, 0.1) is 29.7 Å². The van der Waals surface area contributed by atoms with Crippen LogP contribution in [-0.2, 0) is 4.74 Å². The van der Waals surface area contributed by atoms with Crippen molar-refractivity contribution in [3.8, 4) is 17.2 Å². The summed E-state index contributed by atoms with van der Waals surface area (Å²) in [6.07, 6.45) is 1.77. The molecule has 6 nitrogen and oxygen atoms in total. The highest BCUT2D eigenvalue weighted by molar-refractivity contribution is 6.05. The van der Waals surface area contributed by atoms with Crippen molar-refractivity contribution in [1.29, 1.82) is 0 Å². The first-order valence-corrected chi connectivity index (χ1v) is 11.4. The van der Waals surface area contributed by atoms with Gasteiger partial charge < -0.3 is 19.5 Å². The van der Waals surface area contributed by atoms with Crippen molar-refractivity contribution in [3.05, 3.63) is 77.6 Å². The van der Waals surface area contributed by atoms with Gasteiger partial charge in [-0.05, 0) is 75.2 Å². The Morgan fingerprint density at radius 3 is 2.30 bits per heavy atom. The van der Waals surface area contributed by atoms with Gasteiger partial charge in [0.2, 0.25) is 0 Å². The fourth-order valence-electron chi connectivity index (χ4n) is 3.22. The van der Waals surface area contributed by atoms with Gasteiger partial charge in [-0.15, -0.1) is 0 Å². The number of benzene rings is 2. The molecule has 1 amide bonds. The first-order chi connectivity index (χ1) is 16.0. The number of aromatic nitrogens is 1. The van der Waals surface area contributed by atoms with Crippen LogP contribution in [0.25, 0.3) is 0 Å². The van der Waals surface area contributed by atoms with E-state index in [0.717, 1.165) is 18.5 Å². The Hall–Kier alpha value is -3.38. The molecule has 0 radical (unpaired) electrons. The van der Waals surface area contributed by atoms with Crippen molar-refractivity contribution in [3.63, 3.8) is 0 Å². The van der Waals surface area contributed by atoms with E-state index in [2.05, 4.69) is 24.1 Å². The molecule has 0 aliphatic heterocycles. The highest BCUT2D eigenvalue weighted by atomic mass is 16.5. The number of amides is 1. The fourth-order valence-corrected chi connectivity index (χ4v) is 3.22. The second kappa shape index (κ2) is 12.0.